The molecular weight excluding hydrogens is 572 g/mol. The van der Waals surface area contributed by atoms with E-state index in [2.05, 4.69) is 4.84 Å². The molecule has 38 heavy (non-hydrogen) atoms. The van der Waals surface area contributed by atoms with Gasteiger partial charge in [-0.3, -0.25) is 14.2 Å². The molecule has 10 nitrogen and oxygen atoms in total. The van der Waals surface area contributed by atoms with Crippen molar-refractivity contribution in [2.24, 2.45) is 0 Å². The summed E-state index contributed by atoms with van der Waals surface area (Å²) in [4.78, 5) is 52.7. The second-order valence-corrected chi connectivity index (χ2v) is 12.0. The number of fused-ring (bicyclic) bond motifs is 1. The Balaban J connectivity index is 1.65. The number of ether oxygens (including phenoxy) is 2. The third-order valence-electron chi connectivity index (χ3n) is 5.26. The summed E-state index contributed by atoms with van der Waals surface area (Å²) < 4.78 is 12.0. The van der Waals surface area contributed by atoms with Gasteiger partial charge in [-0.1, -0.05) is 33.2 Å². The maximum absolute atomic E-state index is 13.4. The summed E-state index contributed by atoms with van der Waals surface area (Å²) in [5.41, 5.74) is 1.67. The number of benzene rings is 2. The molecule has 0 spiro atoms. The molecule has 0 atom stereocenters. The van der Waals surface area contributed by atoms with Gasteiger partial charge in [-0.15, -0.1) is 10.1 Å². The first-order chi connectivity index (χ1) is 18.2. The van der Waals surface area contributed by atoms with Crippen LogP contribution < -0.4 is 4.74 Å². The minimum Gasteiger partial charge on any atom is -0.497 e. The lowest BCUT2D eigenvalue weighted by molar-refractivity contribution is -0.756. The highest BCUT2D eigenvalue weighted by atomic mass is 35.5. The van der Waals surface area contributed by atoms with Crippen LogP contribution in [0.15, 0.2) is 42.5 Å². The van der Waals surface area contributed by atoms with Gasteiger partial charge in [0, 0.05) is 39.6 Å². The first-order valence-electron chi connectivity index (χ1n) is 11.2. The van der Waals surface area contributed by atoms with E-state index in [-0.39, 0.29) is 30.9 Å². The molecule has 0 N–H and O–H groups in total. The van der Waals surface area contributed by atoms with Crippen LogP contribution in [-0.4, -0.2) is 67.9 Å². The summed E-state index contributed by atoms with van der Waals surface area (Å²) in [5.74, 6) is 1.19. The highest BCUT2D eigenvalue weighted by Gasteiger charge is 2.23. The van der Waals surface area contributed by atoms with Gasteiger partial charge in [0.15, 0.2) is 0 Å². The van der Waals surface area contributed by atoms with E-state index < -0.39 is 20.2 Å². The van der Waals surface area contributed by atoms with Crippen LogP contribution in [0.4, 0.5) is 4.79 Å². The molecule has 0 unspecified atom stereocenters. The zero-order valence-electron chi connectivity index (χ0n) is 20.4. The normalized spacial score (nSPS) is 10.8. The van der Waals surface area contributed by atoms with Crippen LogP contribution in [-0.2, 0) is 20.8 Å². The molecule has 2 radical (unpaired) electrons. The van der Waals surface area contributed by atoms with Gasteiger partial charge in [-0.2, -0.15) is 0 Å². The Bertz CT molecular complexity index is 1330. The van der Waals surface area contributed by atoms with Crippen molar-refractivity contribution in [3.05, 3.63) is 74.4 Å². The fraction of sp³-hybridized carbons (Fsp3) is 0.292. The predicted octanol–water partition coefficient (Wildman–Crippen LogP) is 4.80. The smallest absolute Gasteiger partial charge is 0.294 e. The zero-order valence-corrected chi connectivity index (χ0v) is 23.8. The van der Waals surface area contributed by atoms with Crippen molar-refractivity contribution in [3.63, 3.8) is 0 Å². The minimum absolute atomic E-state index is 0.0205. The molecule has 0 saturated heterocycles. The molecule has 0 bridgehead atoms. The Kier molecular flexibility index (Phi) is 11.1. The lowest BCUT2D eigenvalue weighted by Gasteiger charge is -2.08. The summed E-state index contributed by atoms with van der Waals surface area (Å²) in [6.45, 7) is 1.85. The van der Waals surface area contributed by atoms with E-state index in [0.717, 1.165) is 0 Å². The number of halogens is 1. The van der Waals surface area contributed by atoms with Crippen LogP contribution in [0.5, 0.6) is 5.75 Å². The molecular formula is C24H23ClN2O8S2Si. The summed E-state index contributed by atoms with van der Waals surface area (Å²) in [5, 5.41) is 10.1. The summed E-state index contributed by atoms with van der Waals surface area (Å²) in [6, 6.07) is 11.8. The van der Waals surface area contributed by atoms with Gasteiger partial charge >= 0.3 is 0 Å². The molecule has 0 aliphatic heterocycles. The van der Waals surface area contributed by atoms with Crippen LogP contribution in [0.3, 0.4) is 0 Å². The third-order valence-corrected chi connectivity index (χ3v) is 8.65. The molecule has 200 valence electrons. The van der Waals surface area contributed by atoms with E-state index in [4.69, 9.17) is 21.1 Å². The molecule has 0 aliphatic rings. The van der Waals surface area contributed by atoms with E-state index in [1.54, 1.807) is 54.0 Å². The van der Waals surface area contributed by atoms with Crippen LogP contribution in [0.2, 0.25) is 5.02 Å². The maximum Gasteiger partial charge on any atom is 0.294 e. The van der Waals surface area contributed by atoms with Crippen LogP contribution in [0.1, 0.15) is 21.6 Å². The van der Waals surface area contributed by atoms with Crippen LogP contribution >= 0.6 is 33.2 Å². The number of hydrogen-bond donors (Lipinski definition) is 0. The summed E-state index contributed by atoms with van der Waals surface area (Å²) >= 11 is 5.97. The number of nitrogens with zero attached hydrogens (tertiary/aromatic N) is 2. The molecule has 0 fully saturated rings. The Morgan fingerprint density at radius 1 is 1.08 bits per heavy atom. The molecule has 14 heteroatoms. The maximum atomic E-state index is 13.4. The van der Waals surface area contributed by atoms with Gasteiger partial charge in [-0.05, 0) is 55.0 Å². The Labute approximate surface area is 233 Å². The van der Waals surface area contributed by atoms with Gasteiger partial charge in [-0.25, -0.2) is 0 Å². The molecule has 0 aliphatic carbocycles. The molecule has 1 heterocycles. The van der Waals surface area contributed by atoms with Crippen molar-refractivity contribution < 1.29 is 33.8 Å². The predicted molar refractivity (Wildman–Crippen MR) is 148 cm³/mol. The number of carbonyl (C=O) groups excluding carboxylic acids is 3. The number of hydrogen-bond acceptors (Lipinski definition) is 10. The Morgan fingerprint density at radius 3 is 2.42 bits per heavy atom. The quantitative estimate of drug-likeness (QED) is 0.0844. The minimum atomic E-state index is -0.849. The number of rotatable bonds is 14. The van der Waals surface area contributed by atoms with Crippen molar-refractivity contribution in [1.29, 1.82) is 0 Å². The van der Waals surface area contributed by atoms with E-state index in [0.29, 0.717) is 50.0 Å². The highest BCUT2D eigenvalue weighted by molar-refractivity contribution is 8.76. The van der Waals surface area contributed by atoms with Gasteiger partial charge in [0.25, 0.3) is 26.1 Å². The molecule has 3 aromatic rings. The van der Waals surface area contributed by atoms with Crippen LogP contribution in [0.25, 0.3) is 10.9 Å². The second kappa shape index (κ2) is 14.2. The molecule has 2 aromatic carbocycles. The lowest BCUT2D eigenvalue weighted by atomic mass is 10.1. The first kappa shape index (κ1) is 29.6. The van der Waals surface area contributed by atoms with Crippen molar-refractivity contribution in [2.75, 3.05) is 31.8 Å². The second-order valence-electron chi connectivity index (χ2n) is 7.66. The van der Waals surface area contributed by atoms with Crippen molar-refractivity contribution >= 4 is 70.5 Å². The van der Waals surface area contributed by atoms with E-state index >= 15 is 0 Å². The lowest BCUT2D eigenvalue weighted by Crippen LogP contribution is -2.23. The fourth-order valence-electron chi connectivity index (χ4n) is 3.58. The van der Waals surface area contributed by atoms with Crippen molar-refractivity contribution in [2.45, 2.75) is 13.3 Å². The number of carbonyl (C=O) groups is 3. The molecule has 0 saturated carbocycles. The highest BCUT2D eigenvalue weighted by Crippen LogP contribution is 2.31. The SMILES string of the molecule is COc1ccc2c(c1)c(CC(=O)[Si]C(=O)OCCSSCCO[N+](=O)[O-])c(C)n2C(=O)c1ccc(Cl)cc1. The zero-order chi connectivity index (χ0) is 27.7. The average molecular weight is 595 g/mol. The van der Waals surface area contributed by atoms with E-state index in [1.807, 2.05) is 0 Å². The largest absolute Gasteiger partial charge is 0.497 e. The van der Waals surface area contributed by atoms with Gasteiger partial charge in [0.2, 0.25) is 0 Å². The van der Waals surface area contributed by atoms with E-state index in [9.17, 15) is 24.5 Å². The molecule has 3 rings (SSSR count). The van der Waals surface area contributed by atoms with Gasteiger partial charge in [0.05, 0.1) is 12.6 Å². The van der Waals surface area contributed by atoms with Gasteiger partial charge in [0.1, 0.15) is 24.4 Å². The van der Waals surface area contributed by atoms with Crippen molar-refractivity contribution in [1.82, 2.24) is 4.57 Å². The number of aromatic nitrogens is 1. The molecule has 1 aromatic heterocycles. The average Bonchev–Trinajstić information content (AvgIpc) is 3.15. The topological polar surface area (TPSA) is 127 Å². The summed E-state index contributed by atoms with van der Waals surface area (Å²) in [7, 11) is 3.57. The van der Waals surface area contributed by atoms with E-state index in [1.165, 1.54) is 28.7 Å². The monoisotopic (exact) mass is 594 g/mol. The van der Waals surface area contributed by atoms with Crippen LogP contribution in [0, 0.1) is 17.0 Å². The third kappa shape index (κ3) is 8.00. The van der Waals surface area contributed by atoms with Crippen molar-refractivity contribution in [3.8, 4) is 5.75 Å². The number of methoxy groups -OCH3 is 1. The first-order valence-corrected chi connectivity index (χ1v) is 15.0. The standard InChI is InChI=1S/C24H23ClN2O8S2Si/c1-15-19(14-22(28)38-24(30)34-9-11-36-37-12-10-35-27(31)32)20-13-18(33-2)7-8-21(20)26(15)23(29)16-3-5-17(25)6-4-16/h3-8,13H,9-12,14H2,1-2H3. The fourth-order valence-corrected chi connectivity index (χ4v) is 6.02. The molecule has 0 amide bonds. The summed E-state index contributed by atoms with van der Waals surface area (Å²) in [6.07, 6.45) is -0.0506. The van der Waals surface area contributed by atoms with Gasteiger partial charge < -0.3 is 19.1 Å². The Morgan fingerprint density at radius 2 is 1.76 bits per heavy atom. The Hall–Kier alpha value is -3.00.